The highest BCUT2D eigenvalue weighted by atomic mass is 15.1. The van der Waals surface area contributed by atoms with E-state index < -0.39 is 0 Å². The van der Waals surface area contributed by atoms with Gasteiger partial charge in [0.15, 0.2) is 0 Å². The Morgan fingerprint density at radius 3 is 2.67 bits per heavy atom. The second-order valence-corrected chi connectivity index (χ2v) is 5.67. The lowest BCUT2D eigenvalue weighted by Gasteiger charge is -2.33. The molecule has 2 unspecified atom stereocenters. The summed E-state index contributed by atoms with van der Waals surface area (Å²) in [6.45, 7) is 6.75. The van der Waals surface area contributed by atoms with Crippen molar-refractivity contribution in [3.05, 3.63) is 29.8 Å². The molecule has 0 spiro atoms. The Morgan fingerprint density at radius 2 is 2.00 bits per heavy atom. The third kappa shape index (κ3) is 3.49. The second-order valence-electron chi connectivity index (χ2n) is 5.67. The molecule has 0 bridgehead atoms. The number of aryl methyl sites for hydroxylation is 1. The van der Waals surface area contributed by atoms with Gasteiger partial charge in [0.2, 0.25) is 0 Å². The average Bonchev–Trinajstić information content (AvgIpc) is 2.39. The van der Waals surface area contributed by atoms with Crippen molar-refractivity contribution in [3.63, 3.8) is 0 Å². The van der Waals surface area contributed by atoms with Gasteiger partial charge in [0.1, 0.15) is 0 Å². The second kappa shape index (κ2) is 6.24. The van der Waals surface area contributed by atoms with Gasteiger partial charge in [-0.15, -0.1) is 0 Å². The van der Waals surface area contributed by atoms with E-state index in [1.807, 2.05) is 0 Å². The first-order valence-corrected chi connectivity index (χ1v) is 7.20. The van der Waals surface area contributed by atoms with E-state index in [0.29, 0.717) is 6.04 Å². The Hall–Kier alpha value is -1.02. The molecule has 0 saturated carbocycles. The maximum atomic E-state index is 3.65. The number of nitrogens with zero attached hydrogens (tertiary/aromatic N) is 1. The number of anilines is 1. The standard InChI is InChI=1S/C16H26N2/c1-4-14-9-10-17-15(11-14)12-18(3)16-7-5-13(2)6-8-16/h5-8,14-15,17H,4,9-12H2,1-3H3. The van der Waals surface area contributed by atoms with Crippen molar-refractivity contribution in [3.8, 4) is 0 Å². The summed E-state index contributed by atoms with van der Waals surface area (Å²) in [5.41, 5.74) is 2.65. The first kappa shape index (κ1) is 13.4. The summed E-state index contributed by atoms with van der Waals surface area (Å²) in [4.78, 5) is 2.37. The van der Waals surface area contributed by atoms with Gasteiger partial charge in [-0.1, -0.05) is 31.0 Å². The molecule has 0 aliphatic carbocycles. The molecular weight excluding hydrogens is 220 g/mol. The molecule has 18 heavy (non-hydrogen) atoms. The first-order valence-electron chi connectivity index (χ1n) is 7.20. The smallest absolute Gasteiger partial charge is 0.0364 e. The van der Waals surface area contributed by atoms with Crippen LogP contribution in [0.3, 0.4) is 0 Å². The van der Waals surface area contributed by atoms with Crippen molar-refractivity contribution in [2.75, 3.05) is 25.0 Å². The third-order valence-electron chi connectivity index (χ3n) is 4.15. The number of benzene rings is 1. The van der Waals surface area contributed by atoms with E-state index in [9.17, 15) is 0 Å². The lowest BCUT2D eigenvalue weighted by Crippen LogP contribution is -2.45. The lowest BCUT2D eigenvalue weighted by molar-refractivity contribution is 0.297. The zero-order valence-electron chi connectivity index (χ0n) is 11.9. The number of likely N-dealkylation sites (N-methyl/N-ethyl adjacent to an activating group) is 1. The fourth-order valence-corrected chi connectivity index (χ4v) is 2.84. The van der Waals surface area contributed by atoms with Crippen molar-refractivity contribution in [1.82, 2.24) is 5.32 Å². The van der Waals surface area contributed by atoms with Gasteiger partial charge >= 0.3 is 0 Å². The minimum Gasteiger partial charge on any atom is -0.373 e. The molecular formula is C16H26N2. The van der Waals surface area contributed by atoms with E-state index in [-0.39, 0.29) is 0 Å². The van der Waals surface area contributed by atoms with Crippen molar-refractivity contribution in [2.24, 2.45) is 5.92 Å². The molecule has 0 aromatic heterocycles. The third-order valence-corrected chi connectivity index (χ3v) is 4.15. The van der Waals surface area contributed by atoms with Gasteiger partial charge < -0.3 is 10.2 Å². The lowest BCUT2D eigenvalue weighted by atomic mass is 9.90. The van der Waals surface area contributed by atoms with Crippen molar-refractivity contribution >= 4 is 5.69 Å². The van der Waals surface area contributed by atoms with E-state index in [2.05, 4.69) is 55.4 Å². The first-order chi connectivity index (χ1) is 8.69. The van der Waals surface area contributed by atoms with E-state index in [0.717, 1.165) is 12.5 Å². The van der Waals surface area contributed by atoms with Crippen LogP contribution in [0.1, 0.15) is 31.7 Å². The number of hydrogen-bond acceptors (Lipinski definition) is 2. The van der Waals surface area contributed by atoms with E-state index in [1.54, 1.807) is 0 Å². The molecule has 0 amide bonds. The van der Waals surface area contributed by atoms with Crippen LogP contribution in [0.25, 0.3) is 0 Å². The zero-order chi connectivity index (χ0) is 13.0. The van der Waals surface area contributed by atoms with Crippen LogP contribution in [0.2, 0.25) is 0 Å². The van der Waals surface area contributed by atoms with E-state index >= 15 is 0 Å². The molecule has 2 nitrogen and oxygen atoms in total. The van der Waals surface area contributed by atoms with Crippen LogP contribution in [-0.2, 0) is 0 Å². The van der Waals surface area contributed by atoms with Crippen molar-refractivity contribution < 1.29 is 0 Å². The van der Waals surface area contributed by atoms with Crippen LogP contribution in [-0.4, -0.2) is 26.2 Å². The summed E-state index contributed by atoms with van der Waals surface area (Å²) >= 11 is 0. The molecule has 1 N–H and O–H groups in total. The minimum atomic E-state index is 0.648. The Morgan fingerprint density at radius 1 is 1.28 bits per heavy atom. The summed E-state index contributed by atoms with van der Waals surface area (Å²) in [6, 6.07) is 9.46. The van der Waals surface area contributed by atoms with Crippen molar-refractivity contribution in [1.29, 1.82) is 0 Å². The highest BCUT2D eigenvalue weighted by Gasteiger charge is 2.21. The highest BCUT2D eigenvalue weighted by Crippen LogP contribution is 2.21. The topological polar surface area (TPSA) is 15.3 Å². The van der Waals surface area contributed by atoms with Crippen LogP contribution < -0.4 is 10.2 Å². The van der Waals surface area contributed by atoms with E-state index in [1.165, 1.54) is 37.1 Å². The molecule has 2 heteroatoms. The molecule has 1 saturated heterocycles. The number of rotatable bonds is 4. The molecule has 1 heterocycles. The number of nitrogens with one attached hydrogen (secondary N) is 1. The zero-order valence-corrected chi connectivity index (χ0v) is 11.9. The summed E-state index contributed by atoms with van der Waals surface area (Å²) in [7, 11) is 2.20. The summed E-state index contributed by atoms with van der Waals surface area (Å²) in [5, 5.41) is 3.65. The van der Waals surface area contributed by atoms with Gasteiger partial charge in [-0.2, -0.15) is 0 Å². The molecule has 0 radical (unpaired) electrons. The maximum Gasteiger partial charge on any atom is 0.0364 e. The SMILES string of the molecule is CCC1CCNC(CN(C)c2ccc(C)cc2)C1. The number of piperidine rings is 1. The normalized spacial score (nSPS) is 23.9. The molecule has 1 aliphatic rings. The molecule has 1 aromatic rings. The highest BCUT2D eigenvalue weighted by molar-refractivity contribution is 5.46. The molecule has 100 valence electrons. The fraction of sp³-hybridized carbons (Fsp3) is 0.625. The fourth-order valence-electron chi connectivity index (χ4n) is 2.84. The monoisotopic (exact) mass is 246 g/mol. The van der Waals surface area contributed by atoms with Gasteiger partial charge in [-0.25, -0.2) is 0 Å². The van der Waals surface area contributed by atoms with Crippen molar-refractivity contribution in [2.45, 2.75) is 39.2 Å². The number of hydrogen-bond donors (Lipinski definition) is 1. The Balaban J connectivity index is 1.90. The quantitative estimate of drug-likeness (QED) is 0.877. The van der Waals surface area contributed by atoms with Crippen LogP contribution in [0.5, 0.6) is 0 Å². The van der Waals surface area contributed by atoms with Crippen LogP contribution in [0, 0.1) is 12.8 Å². The van der Waals surface area contributed by atoms with Gasteiger partial charge in [0.25, 0.3) is 0 Å². The predicted molar refractivity (Wildman–Crippen MR) is 79.3 cm³/mol. The van der Waals surface area contributed by atoms with Crippen LogP contribution in [0.4, 0.5) is 5.69 Å². The molecule has 2 rings (SSSR count). The van der Waals surface area contributed by atoms with E-state index in [4.69, 9.17) is 0 Å². The maximum absolute atomic E-state index is 3.65. The largest absolute Gasteiger partial charge is 0.373 e. The Bertz CT molecular complexity index is 358. The molecule has 1 aromatic carbocycles. The van der Waals surface area contributed by atoms with Crippen LogP contribution in [0.15, 0.2) is 24.3 Å². The average molecular weight is 246 g/mol. The van der Waals surface area contributed by atoms with Crippen LogP contribution >= 0.6 is 0 Å². The molecule has 1 fully saturated rings. The Kier molecular flexibility index (Phi) is 4.65. The van der Waals surface area contributed by atoms with Gasteiger partial charge in [0, 0.05) is 25.3 Å². The summed E-state index contributed by atoms with van der Waals surface area (Å²) in [6.07, 6.45) is 4.00. The summed E-state index contributed by atoms with van der Waals surface area (Å²) in [5.74, 6) is 0.919. The minimum absolute atomic E-state index is 0.648. The van der Waals surface area contributed by atoms with Gasteiger partial charge in [-0.05, 0) is 44.4 Å². The summed E-state index contributed by atoms with van der Waals surface area (Å²) < 4.78 is 0. The van der Waals surface area contributed by atoms with Gasteiger partial charge in [-0.3, -0.25) is 0 Å². The Labute approximate surface area is 111 Å². The molecule has 1 aliphatic heterocycles. The predicted octanol–water partition coefficient (Wildman–Crippen LogP) is 3.21. The van der Waals surface area contributed by atoms with Gasteiger partial charge in [0.05, 0.1) is 0 Å². The molecule has 2 atom stereocenters.